The Labute approximate surface area is 117 Å². The lowest BCUT2D eigenvalue weighted by molar-refractivity contribution is 0.619. The highest BCUT2D eigenvalue weighted by atomic mass is 15.4. The Morgan fingerprint density at radius 3 is 3.00 bits per heavy atom. The number of hydrogen-bond donors (Lipinski definition) is 1. The van der Waals surface area contributed by atoms with Crippen molar-refractivity contribution in [3.63, 3.8) is 0 Å². The number of nitrogens with two attached hydrogens (primary N) is 1. The molecule has 5 heteroatoms. The molecule has 0 saturated heterocycles. The average Bonchev–Trinajstić information content (AvgIpc) is 2.97. The molecule has 0 aliphatic heterocycles. The van der Waals surface area contributed by atoms with Crippen LogP contribution in [0.25, 0.3) is 16.6 Å². The summed E-state index contributed by atoms with van der Waals surface area (Å²) in [6.07, 6.45) is 5.64. The van der Waals surface area contributed by atoms with Crippen LogP contribution >= 0.6 is 0 Å². The minimum Gasteiger partial charge on any atom is -0.323 e. The Bertz CT molecular complexity index is 714. The first-order chi connectivity index (χ1) is 9.79. The molecule has 0 radical (unpaired) electrons. The fraction of sp³-hybridized carbons (Fsp3) is 0.267. The average molecular weight is 267 g/mol. The van der Waals surface area contributed by atoms with E-state index in [1.165, 1.54) is 0 Å². The van der Waals surface area contributed by atoms with Crippen LogP contribution in [0.4, 0.5) is 0 Å². The van der Waals surface area contributed by atoms with Crippen LogP contribution in [0.1, 0.15) is 31.5 Å². The van der Waals surface area contributed by atoms with Crippen molar-refractivity contribution in [2.75, 3.05) is 0 Å². The Morgan fingerprint density at radius 1 is 1.25 bits per heavy atom. The Hall–Kier alpha value is -2.27. The lowest BCUT2D eigenvalue weighted by Crippen LogP contribution is -2.10. The van der Waals surface area contributed by atoms with E-state index in [0.717, 1.165) is 35.1 Å². The molecule has 1 atom stereocenters. The van der Waals surface area contributed by atoms with Gasteiger partial charge < -0.3 is 5.73 Å². The molecule has 3 rings (SSSR count). The van der Waals surface area contributed by atoms with Gasteiger partial charge in [-0.25, -0.2) is 4.68 Å². The van der Waals surface area contributed by atoms with Crippen molar-refractivity contribution >= 4 is 10.9 Å². The molecular weight excluding hydrogens is 250 g/mol. The van der Waals surface area contributed by atoms with Crippen LogP contribution in [-0.4, -0.2) is 20.0 Å². The highest BCUT2D eigenvalue weighted by Crippen LogP contribution is 2.21. The van der Waals surface area contributed by atoms with Crippen molar-refractivity contribution in [3.05, 3.63) is 48.4 Å². The smallest absolute Gasteiger partial charge is 0.0998 e. The van der Waals surface area contributed by atoms with Gasteiger partial charge in [-0.2, -0.15) is 0 Å². The summed E-state index contributed by atoms with van der Waals surface area (Å²) >= 11 is 0. The Morgan fingerprint density at radius 2 is 2.15 bits per heavy atom. The van der Waals surface area contributed by atoms with Crippen LogP contribution in [0.2, 0.25) is 0 Å². The van der Waals surface area contributed by atoms with Crippen LogP contribution in [0.15, 0.2) is 42.7 Å². The van der Waals surface area contributed by atoms with Crippen molar-refractivity contribution < 1.29 is 0 Å². The molecule has 0 aliphatic rings. The molecule has 0 bridgehead atoms. The van der Waals surface area contributed by atoms with Crippen LogP contribution < -0.4 is 5.73 Å². The molecule has 0 amide bonds. The van der Waals surface area contributed by atoms with Gasteiger partial charge in [0, 0.05) is 11.6 Å². The van der Waals surface area contributed by atoms with Gasteiger partial charge >= 0.3 is 0 Å². The predicted molar refractivity (Wildman–Crippen MR) is 78.5 cm³/mol. The van der Waals surface area contributed by atoms with Gasteiger partial charge in [0.1, 0.15) is 0 Å². The summed E-state index contributed by atoms with van der Waals surface area (Å²) in [7, 11) is 0. The monoisotopic (exact) mass is 267 g/mol. The van der Waals surface area contributed by atoms with Crippen LogP contribution in [0.3, 0.4) is 0 Å². The summed E-state index contributed by atoms with van der Waals surface area (Å²) in [6, 6.07) is 9.87. The largest absolute Gasteiger partial charge is 0.323 e. The highest BCUT2D eigenvalue weighted by molar-refractivity contribution is 5.86. The fourth-order valence-electron chi connectivity index (χ4n) is 2.31. The zero-order valence-corrected chi connectivity index (χ0v) is 11.4. The number of fused-ring (bicyclic) bond motifs is 1. The number of nitrogens with zero attached hydrogens (tertiary/aromatic N) is 4. The molecule has 3 aromatic rings. The minimum absolute atomic E-state index is 0.0538. The fourth-order valence-corrected chi connectivity index (χ4v) is 2.31. The lowest BCUT2D eigenvalue weighted by atomic mass is 10.1. The maximum atomic E-state index is 6.08. The number of rotatable bonds is 4. The van der Waals surface area contributed by atoms with Gasteiger partial charge in [0.15, 0.2) is 0 Å². The highest BCUT2D eigenvalue weighted by Gasteiger charge is 2.11. The summed E-state index contributed by atoms with van der Waals surface area (Å²) in [5, 5.41) is 9.44. The summed E-state index contributed by atoms with van der Waals surface area (Å²) in [4.78, 5) is 4.35. The number of aromatic nitrogens is 4. The van der Waals surface area contributed by atoms with Crippen molar-refractivity contribution in [1.82, 2.24) is 20.0 Å². The van der Waals surface area contributed by atoms with Gasteiger partial charge in [0.05, 0.1) is 29.1 Å². The zero-order valence-electron chi connectivity index (χ0n) is 11.4. The molecular formula is C15H17N5. The molecule has 102 valence electrons. The quantitative estimate of drug-likeness (QED) is 0.789. The molecule has 2 heterocycles. The van der Waals surface area contributed by atoms with E-state index in [9.17, 15) is 0 Å². The van der Waals surface area contributed by atoms with Gasteiger partial charge in [-0.15, -0.1) is 5.10 Å². The van der Waals surface area contributed by atoms with Gasteiger partial charge in [-0.1, -0.05) is 24.6 Å². The van der Waals surface area contributed by atoms with Gasteiger partial charge in [0.2, 0.25) is 0 Å². The molecule has 0 aliphatic carbocycles. The van der Waals surface area contributed by atoms with E-state index in [-0.39, 0.29) is 6.04 Å². The van der Waals surface area contributed by atoms with E-state index >= 15 is 0 Å². The van der Waals surface area contributed by atoms with Crippen LogP contribution in [0.5, 0.6) is 0 Å². The second-order valence-corrected chi connectivity index (χ2v) is 4.83. The first kappa shape index (κ1) is 12.7. The van der Waals surface area contributed by atoms with Crippen molar-refractivity contribution in [1.29, 1.82) is 0 Å². The zero-order chi connectivity index (χ0) is 13.9. The summed E-state index contributed by atoms with van der Waals surface area (Å²) in [5.74, 6) is 0. The third-order valence-corrected chi connectivity index (χ3v) is 3.36. The maximum Gasteiger partial charge on any atom is 0.0998 e. The second-order valence-electron chi connectivity index (χ2n) is 4.83. The minimum atomic E-state index is -0.0538. The lowest BCUT2D eigenvalue weighted by Gasteiger charge is -2.06. The Balaban J connectivity index is 2.03. The van der Waals surface area contributed by atoms with Gasteiger partial charge in [0.25, 0.3) is 0 Å². The van der Waals surface area contributed by atoms with Crippen molar-refractivity contribution in [3.8, 4) is 5.69 Å². The first-order valence-corrected chi connectivity index (χ1v) is 6.81. The number of hydrogen-bond acceptors (Lipinski definition) is 4. The van der Waals surface area contributed by atoms with Crippen molar-refractivity contribution in [2.45, 2.75) is 25.8 Å². The number of pyridine rings is 1. The van der Waals surface area contributed by atoms with Gasteiger partial charge in [-0.05, 0) is 30.7 Å². The Kier molecular flexibility index (Phi) is 3.43. The molecule has 20 heavy (non-hydrogen) atoms. The van der Waals surface area contributed by atoms with Crippen molar-refractivity contribution in [2.24, 2.45) is 5.73 Å². The van der Waals surface area contributed by atoms with E-state index in [1.807, 2.05) is 36.5 Å². The molecule has 0 spiro atoms. The second kappa shape index (κ2) is 5.38. The third-order valence-electron chi connectivity index (χ3n) is 3.36. The third kappa shape index (κ3) is 2.28. The van der Waals surface area contributed by atoms with Crippen LogP contribution in [-0.2, 0) is 0 Å². The molecule has 1 unspecified atom stereocenters. The molecule has 1 aromatic carbocycles. The maximum absolute atomic E-state index is 6.08. The first-order valence-electron chi connectivity index (χ1n) is 6.81. The van der Waals surface area contributed by atoms with E-state index in [2.05, 4.69) is 22.2 Å². The van der Waals surface area contributed by atoms with E-state index in [4.69, 9.17) is 5.73 Å². The molecule has 2 aromatic heterocycles. The van der Waals surface area contributed by atoms with E-state index in [0.29, 0.717) is 0 Å². The molecule has 0 fully saturated rings. The van der Waals surface area contributed by atoms with Gasteiger partial charge in [-0.3, -0.25) is 4.98 Å². The summed E-state index contributed by atoms with van der Waals surface area (Å²) in [5.41, 5.74) is 8.82. The SMILES string of the molecule is CCCC(N)c1cn(-c2cccc3ncccc23)nn1. The van der Waals surface area contributed by atoms with E-state index in [1.54, 1.807) is 10.9 Å². The molecule has 2 N–H and O–H groups in total. The topological polar surface area (TPSA) is 69.6 Å². The standard InChI is InChI=1S/C15H17N5/c1-2-5-12(16)14-10-20(19-18-14)15-8-3-7-13-11(15)6-4-9-17-13/h3-4,6-10,12H,2,5,16H2,1H3. The molecule has 5 nitrogen and oxygen atoms in total. The van der Waals surface area contributed by atoms with E-state index < -0.39 is 0 Å². The van der Waals surface area contributed by atoms with Crippen LogP contribution in [0, 0.1) is 0 Å². The molecule has 0 saturated carbocycles. The normalized spacial score (nSPS) is 12.7. The predicted octanol–water partition coefficient (Wildman–Crippen LogP) is 2.62. The summed E-state index contributed by atoms with van der Waals surface area (Å²) < 4.78 is 1.77. The summed E-state index contributed by atoms with van der Waals surface area (Å²) in [6.45, 7) is 2.11. The number of benzene rings is 1.